The lowest BCUT2D eigenvalue weighted by Gasteiger charge is -2.31. The summed E-state index contributed by atoms with van der Waals surface area (Å²) in [6.45, 7) is 0. The first kappa shape index (κ1) is 18.4. The lowest BCUT2D eigenvalue weighted by molar-refractivity contribution is 0.321. The van der Waals surface area contributed by atoms with Crippen LogP contribution in [0.15, 0.2) is 36.4 Å². The van der Waals surface area contributed by atoms with E-state index < -0.39 is 0 Å². The third-order valence-electron chi connectivity index (χ3n) is 4.89. The minimum absolute atomic E-state index is 0.0276. The summed E-state index contributed by atoms with van der Waals surface area (Å²) in [6, 6.07) is 11.6. The van der Waals surface area contributed by atoms with E-state index in [-0.39, 0.29) is 12.1 Å². The van der Waals surface area contributed by atoms with E-state index in [4.69, 9.17) is 25.8 Å². The first-order chi connectivity index (χ1) is 13.6. The van der Waals surface area contributed by atoms with Crippen molar-refractivity contribution < 1.29 is 14.2 Å². The average Bonchev–Trinajstić information content (AvgIpc) is 3.21. The first-order valence-electron chi connectivity index (χ1n) is 8.74. The number of hydrogen-bond donors (Lipinski definition) is 1. The molecule has 146 valence electrons. The van der Waals surface area contributed by atoms with Crippen LogP contribution in [-0.4, -0.2) is 41.5 Å². The van der Waals surface area contributed by atoms with Crippen molar-refractivity contribution in [3.63, 3.8) is 0 Å². The zero-order valence-electron chi connectivity index (χ0n) is 15.7. The van der Waals surface area contributed by atoms with Gasteiger partial charge in [0.05, 0.1) is 33.4 Å². The topological polar surface area (TPSA) is 83.3 Å². The van der Waals surface area contributed by atoms with Gasteiger partial charge >= 0.3 is 0 Å². The summed E-state index contributed by atoms with van der Waals surface area (Å²) in [7, 11) is 4.78. The summed E-state index contributed by atoms with van der Waals surface area (Å²) in [5, 5.41) is 16.2. The highest BCUT2D eigenvalue weighted by Gasteiger charge is 2.32. The molecule has 1 N–H and O–H groups in total. The fraction of sp³-hybridized carbons (Fsp3) is 0.316. The van der Waals surface area contributed by atoms with E-state index in [0.717, 1.165) is 17.5 Å². The molecule has 1 aliphatic rings. The van der Waals surface area contributed by atoms with E-state index in [1.165, 1.54) is 0 Å². The fourth-order valence-corrected chi connectivity index (χ4v) is 3.65. The van der Waals surface area contributed by atoms with Gasteiger partial charge in [-0.15, -0.1) is 0 Å². The van der Waals surface area contributed by atoms with Crippen molar-refractivity contribution in [2.75, 3.05) is 26.6 Å². The number of benzene rings is 2. The number of anilines is 1. The zero-order valence-corrected chi connectivity index (χ0v) is 16.5. The summed E-state index contributed by atoms with van der Waals surface area (Å²) in [6.07, 6.45) is 0.734. The van der Waals surface area contributed by atoms with Crippen molar-refractivity contribution >= 4 is 17.5 Å². The van der Waals surface area contributed by atoms with Gasteiger partial charge in [-0.2, -0.15) is 0 Å². The molecule has 2 atom stereocenters. The van der Waals surface area contributed by atoms with E-state index >= 15 is 0 Å². The summed E-state index contributed by atoms with van der Waals surface area (Å²) in [5.41, 5.74) is 2.07. The maximum absolute atomic E-state index is 6.04. The number of tetrazole rings is 1. The molecule has 1 aromatic heterocycles. The number of hydrogen-bond acceptors (Lipinski definition) is 7. The van der Waals surface area contributed by atoms with Gasteiger partial charge in [-0.05, 0) is 52.2 Å². The molecule has 0 bridgehead atoms. The van der Waals surface area contributed by atoms with Gasteiger partial charge in [0.2, 0.25) is 11.7 Å². The first-order valence-corrected chi connectivity index (χ1v) is 9.12. The molecule has 2 heterocycles. The van der Waals surface area contributed by atoms with Crippen molar-refractivity contribution in [1.29, 1.82) is 0 Å². The molecule has 0 aliphatic carbocycles. The maximum atomic E-state index is 6.04. The van der Waals surface area contributed by atoms with Gasteiger partial charge in [0, 0.05) is 5.02 Å². The van der Waals surface area contributed by atoms with Crippen LogP contribution in [0.4, 0.5) is 5.95 Å². The van der Waals surface area contributed by atoms with Gasteiger partial charge in [0.15, 0.2) is 11.5 Å². The van der Waals surface area contributed by atoms with Crippen LogP contribution >= 0.6 is 11.6 Å². The molecule has 0 amide bonds. The number of methoxy groups -OCH3 is 3. The van der Waals surface area contributed by atoms with Crippen LogP contribution in [0, 0.1) is 0 Å². The minimum Gasteiger partial charge on any atom is -0.493 e. The van der Waals surface area contributed by atoms with Crippen LogP contribution in [0.1, 0.15) is 29.6 Å². The largest absolute Gasteiger partial charge is 0.493 e. The fourth-order valence-electron chi connectivity index (χ4n) is 3.52. The van der Waals surface area contributed by atoms with Crippen molar-refractivity contribution in [1.82, 2.24) is 20.2 Å². The normalized spacial score (nSPS) is 18.1. The summed E-state index contributed by atoms with van der Waals surface area (Å²) in [5.74, 6) is 2.33. The molecule has 9 heteroatoms. The molecule has 3 aromatic rings. The van der Waals surface area contributed by atoms with Crippen molar-refractivity contribution in [2.45, 2.75) is 18.5 Å². The molecule has 1 aliphatic heterocycles. The van der Waals surface area contributed by atoms with Crippen LogP contribution in [0.2, 0.25) is 5.02 Å². The van der Waals surface area contributed by atoms with E-state index in [1.54, 1.807) is 26.0 Å². The number of fused-ring (bicyclic) bond motifs is 1. The number of nitrogens with one attached hydrogen (secondary N) is 1. The number of ether oxygens (including phenoxy) is 3. The Morgan fingerprint density at radius 3 is 2.29 bits per heavy atom. The maximum Gasteiger partial charge on any atom is 0.243 e. The highest BCUT2D eigenvalue weighted by Crippen LogP contribution is 2.44. The minimum atomic E-state index is -0.111. The van der Waals surface area contributed by atoms with E-state index in [0.29, 0.717) is 28.2 Å². The highest BCUT2D eigenvalue weighted by molar-refractivity contribution is 6.30. The number of halogens is 1. The predicted molar refractivity (Wildman–Crippen MR) is 104 cm³/mol. The summed E-state index contributed by atoms with van der Waals surface area (Å²) in [4.78, 5) is 0. The molecular weight excluding hydrogens is 382 g/mol. The standard InChI is InChI=1S/C19H20ClN5O3/c1-26-16-8-12(9-17(27-2)18(16)28-3)15-10-14(11-4-6-13(20)7-5-11)21-19-22-23-24-25(15)19/h4-9,14-15H,10H2,1-3H3,(H,21,22,24)/t14-,15-/m1/s1. The lowest BCUT2D eigenvalue weighted by Crippen LogP contribution is -2.28. The third kappa shape index (κ3) is 3.20. The molecule has 28 heavy (non-hydrogen) atoms. The van der Waals surface area contributed by atoms with Gasteiger partial charge in [-0.25, -0.2) is 4.68 Å². The predicted octanol–water partition coefficient (Wildman–Crippen LogP) is 3.50. The smallest absolute Gasteiger partial charge is 0.243 e. The third-order valence-corrected chi connectivity index (χ3v) is 5.15. The molecule has 0 fully saturated rings. The molecule has 0 unspecified atom stereocenters. The second kappa shape index (κ2) is 7.55. The number of rotatable bonds is 5. The lowest BCUT2D eigenvalue weighted by atomic mass is 9.93. The van der Waals surface area contributed by atoms with Gasteiger partial charge in [-0.3, -0.25) is 0 Å². The van der Waals surface area contributed by atoms with E-state index in [9.17, 15) is 0 Å². The summed E-state index contributed by atoms with van der Waals surface area (Å²) < 4.78 is 18.2. The van der Waals surface area contributed by atoms with Crippen LogP contribution in [0.3, 0.4) is 0 Å². The van der Waals surface area contributed by atoms with Gasteiger partial charge in [0.25, 0.3) is 0 Å². The van der Waals surface area contributed by atoms with Gasteiger partial charge < -0.3 is 19.5 Å². The van der Waals surface area contributed by atoms with Crippen LogP contribution < -0.4 is 19.5 Å². The van der Waals surface area contributed by atoms with Crippen LogP contribution in [0.5, 0.6) is 17.2 Å². The Kier molecular flexibility index (Phi) is 4.95. The zero-order chi connectivity index (χ0) is 19.7. The molecule has 8 nitrogen and oxygen atoms in total. The highest BCUT2D eigenvalue weighted by atomic mass is 35.5. The Balaban J connectivity index is 1.77. The van der Waals surface area contributed by atoms with E-state index in [2.05, 4.69) is 20.8 Å². The molecule has 2 aromatic carbocycles. The molecular formula is C19H20ClN5O3. The molecule has 0 spiro atoms. The molecule has 4 rings (SSSR count). The second-order valence-electron chi connectivity index (χ2n) is 6.41. The molecule has 0 saturated carbocycles. The average molecular weight is 402 g/mol. The Hall–Kier alpha value is -3.00. The van der Waals surface area contributed by atoms with Gasteiger partial charge in [-0.1, -0.05) is 28.8 Å². The Morgan fingerprint density at radius 2 is 1.68 bits per heavy atom. The monoisotopic (exact) mass is 401 g/mol. The van der Waals surface area contributed by atoms with Crippen LogP contribution in [0.25, 0.3) is 0 Å². The second-order valence-corrected chi connectivity index (χ2v) is 6.84. The molecule has 0 radical (unpaired) electrons. The quantitative estimate of drug-likeness (QED) is 0.700. The Labute approximate surface area is 167 Å². The SMILES string of the molecule is COc1cc([C@H]2C[C@H](c3ccc(Cl)cc3)Nc3nnnn32)cc(OC)c1OC. The summed E-state index contributed by atoms with van der Waals surface area (Å²) >= 11 is 6.04. The number of aromatic nitrogens is 4. The van der Waals surface area contributed by atoms with Crippen molar-refractivity contribution in [3.8, 4) is 17.2 Å². The van der Waals surface area contributed by atoms with Crippen LogP contribution in [-0.2, 0) is 0 Å². The van der Waals surface area contributed by atoms with Crippen molar-refractivity contribution in [3.05, 3.63) is 52.5 Å². The molecule has 0 saturated heterocycles. The Bertz CT molecular complexity index is 951. The van der Waals surface area contributed by atoms with E-state index in [1.807, 2.05) is 36.4 Å². The van der Waals surface area contributed by atoms with Gasteiger partial charge in [0.1, 0.15) is 0 Å². The van der Waals surface area contributed by atoms with Crippen molar-refractivity contribution in [2.24, 2.45) is 0 Å². The Morgan fingerprint density at radius 1 is 1.00 bits per heavy atom. The number of nitrogens with zero attached hydrogens (tertiary/aromatic N) is 4.